The molecule has 5 rings (SSSR count). The molecule has 1 saturated carbocycles. The third-order valence-corrected chi connectivity index (χ3v) is 7.09. The lowest BCUT2D eigenvalue weighted by Gasteiger charge is -2.41. The van der Waals surface area contributed by atoms with Crippen molar-refractivity contribution in [3.8, 4) is 0 Å². The van der Waals surface area contributed by atoms with E-state index in [1.54, 1.807) is 0 Å². The van der Waals surface area contributed by atoms with Crippen molar-refractivity contribution in [1.82, 2.24) is 24.6 Å². The van der Waals surface area contributed by atoms with E-state index in [1.807, 2.05) is 17.9 Å². The molecule has 0 unspecified atom stereocenters. The van der Waals surface area contributed by atoms with Crippen LogP contribution in [0.5, 0.6) is 0 Å². The highest BCUT2D eigenvalue weighted by Gasteiger charge is 2.30. The maximum Gasteiger partial charge on any atom is 0.163 e. The maximum atomic E-state index is 9.78. The van der Waals surface area contributed by atoms with Crippen molar-refractivity contribution < 1.29 is 5.11 Å². The fourth-order valence-corrected chi connectivity index (χ4v) is 5.33. The van der Waals surface area contributed by atoms with Crippen LogP contribution in [0.1, 0.15) is 63.1 Å². The van der Waals surface area contributed by atoms with Gasteiger partial charge in [0.15, 0.2) is 5.65 Å². The number of hydrogen-bond acceptors (Lipinski definition) is 6. The van der Waals surface area contributed by atoms with Gasteiger partial charge in [-0.2, -0.15) is 5.10 Å². The Morgan fingerprint density at radius 2 is 1.64 bits per heavy atom. The molecule has 4 heterocycles. The second kappa shape index (κ2) is 7.59. The van der Waals surface area contributed by atoms with Crippen molar-refractivity contribution in [1.29, 1.82) is 0 Å². The van der Waals surface area contributed by atoms with Crippen LogP contribution in [-0.4, -0.2) is 68.1 Å². The topological polar surface area (TPSA) is 70.3 Å². The fourth-order valence-electron chi connectivity index (χ4n) is 5.33. The number of aryl methyl sites for hydroxylation is 1. The average molecular weight is 385 g/mol. The summed E-state index contributed by atoms with van der Waals surface area (Å²) < 4.78 is 1.89. The van der Waals surface area contributed by atoms with Gasteiger partial charge in [-0.3, -0.25) is 4.68 Å². The average Bonchev–Trinajstić information content (AvgIpc) is 3.39. The molecule has 0 spiro atoms. The lowest BCUT2D eigenvalue weighted by atomic mass is 9.99. The fraction of sp³-hybridized carbons (Fsp3) is 0.762. The first-order chi connectivity index (χ1) is 13.7. The molecule has 2 aromatic heterocycles. The zero-order valence-corrected chi connectivity index (χ0v) is 16.9. The van der Waals surface area contributed by atoms with Crippen LogP contribution in [0.2, 0.25) is 0 Å². The number of aliphatic hydroxyl groups excluding tert-OH is 1. The summed E-state index contributed by atoms with van der Waals surface area (Å²) in [5.41, 5.74) is 0.971. The number of anilines is 1. The van der Waals surface area contributed by atoms with Crippen LogP contribution in [0, 0.1) is 0 Å². The van der Waals surface area contributed by atoms with Crippen molar-refractivity contribution in [2.45, 2.75) is 69.4 Å². The highest BCUT2D eigenvalue weighted by Crippen LogP contribution is 2.35. The number of aromatic nitrogens is 4. The first kappa shape index (κ1) is 18.3. The van der Waals surface area contributed by atoms with Crippen molar-refractivity contribution in [2.24, 2.45) is 7.05 Å². The molecule has 0 bridgehead atoms. The van der Waals surface area contributed by atoms with Gasteiger partial charge < -0.3 is 14.9 Å². The molecule has 3 aliphatic rings. The predicted molar refractivity (Wildman–Crippen MR) is 110 cm³/mol. The van der Waals surface area contributed by atoms with Gasteiger partial charge in [0.25, 0.3) is 0 Å². The predicted octanol–water partition coefficient (Wildman–Crippen LogP) is 2.45. The van der Waals surface area contributed by atoms with Crippen molar-refractivity contribution in [2.75, 3.05) is 31.1 Å². The highest BCUT2D eigenvalue weighted by molar-refractivity contribution is 5.87. The second-order valence-corrected chi connectivity index (χ2v) is 8.88. The lowest BCUT2D eigenvalue weighted by molar-refractivity contribution is 0.0542. The van der Waals surface area contributed by atoms with Crippen LogP contribution in [0.15, 0.2) is 6.20 Å². The van der Waals surface area contributed by atoms with E-state index in [2.05, 4.69) is 14.9 Å². The minimum absolute atomic E-state index is 0.0924. The van der Waals surface area contributed by atoms with Crippen molar-refractivity contribution >= 4 is 16.9 Å². The van der Waals surface area contributed by atoms with Gasteiger partial charge >= 0.3 is 0 Å². The van der Waals surface area contributed by atoms with Crippen LogP contribution in [0.3, 0.4) is 0 Å². The molecule has 0 amide bonds. The van der Waals surface area contributed by atoms with Gasteiger partial charge in [0.05, 0.1) is 17.7 Å². The summed E-state index contributed by atoms with van der Waals surface area (Å²) in [6.45, 7) is 4.15. The summed E-state index contributed by atoms with van der Waals surface area (Å²) >= 11 is 0. The van der Waals surface area contributed by atoms with Gasteiger partial charge in [-0.15, -0.1) is 0 Å². The Balaban J connectivity index is 1.36. The molecule has 152 valence electrons. The van der Waals surface area contributed by atoms with Crippen LogP contribution >= 0.6 is 0 Å². The first-order valence-corrected chi connectivity index (χ1v) is 11.1. The van der Waals surface area contributed by atoms with Gasteiger partial charge in [-0.05, 0) is 38.5 Å². The van der Waals surface area contributed by atoms with Crippen LogP contribution < -0.4 is 4.90 Å². The summed E-state index contributed by atoms with van der Waals surface area (Å²) in [5, 5.41) is 15.3. The molecule has 0 radical (unpaired) electrons. The van der Waals surface area contributed by atoms with Gasteiger partial charge in [0, 0.05) is 45.2 Å². The molecule has 1 aliphatic carbocycles. The van der Waals surface area contributed by atoms with Crippen LogP contribution in [-0.2, 0) is 7.05 Å². The Morgan fingerprint density at radius 3 is 2.36 bits per heavy atom. The molecule has 1 N–H and O–H groups in total. The van der Waals surface area contributed by atoms with E-state index >= 15 is 0 Å². The largest absolute Gasteiger partial charge is 0.393 e. The molecular weight excluding hydrogens is 352 g/mol. The molecule has 0 aromatic carbocycles. The number of rotatable bonds is 3. The standard InChI is InChI=1S/C21H32N6O/c1-25-20-18(14-22-25)21(24-19(23-20)15-4-2-3-5-15)27-10-6-16(7-11-27)26-12-8-17(28)9-13-26/h14-17,28H,2-13H2,1H3. The first-order valence-electron chi connectivity index (χ1n) is 11.1. The van der Waals surface area contributed by atoms with Crippen LogP contribution in [0.4, 0.5) is 5.82 Å². The zero-order valence-electron chi connectivity index (χ0n) is 16.9. The number of hydrogen-bond donors (Lipinski definition) is 1. The summed E-state index contributed by atoms with van der Waals surface area (Å²) in [6.07, 6.45) is 11.0. The molecule has 2 aromatic rings. The highest BCUT2D eigenvalue weighted by atomic mass is 16.3. The Bertz CT molecular complexity index is 814. The van der Waals surface area contributed by atoms with Crippen LogP contribution in [0.25, 0.3) is 11.0 Å². The third-order valence-electron chi connectivity index (χ3n) is 7.09. The minimum Gasteiger partial charge on any atom is -0.393 e. The van der Waals surface area contributed by atoms with Gasteiger partial charge in [-0.25, -0.2) is 9.97 Å². The Morgan fingerprint density at radius 1 is 0.929 bits per heavy atom. The lowest BCUT2D eigenvalue weighted by Crippen LogP contribution is -2.48. The third kappa shape index (κ3) is 3.39. The SMILES string of the molecule is Cn1ncc2c(N3CCC(N4CCC(O)CC4)CC3)nc(C3CCCC3)nc21. The Hall–Kier alpha value is -1.73. The van der Waals surface area contributed by atoms with E-state index in [-0.39, 0.29) is 6.10 Å². The number of fused-ring (bicyclic) bond motifs is 1. The van der Waals surface area contributed by atoms with E-state index in [4.69, 9.17) is 9.97 Å². The molecule has 7 nitrogen and oxygen atoms in total. The van der Waals surface area contributed by atoms with Gasteiger partial charge in [-0.1, -0.05) is 12.8 Å². The minimum atomic E-state index is -0.0924. The number of likely N-dealkylation sites (tertiary alicyclic amines) is 1. The zero-order chi connectivity index (χ0) is 19.1. The number of nitrogens with zero attached hydrogens (tertiary/aromatic N) is 6. The summed E-state index contributed by atoms with van der Waals surface area (Å²) in [5.74, 6) is 2.62. The number of piperidine rings is 2. The van der Waals surface area contributed by atoms with Gasteiger partial charge in [0.1, 0.15) is 11.6 Å². The second-order valence-electron chi connectivity index (χ2n) is 8.88. The van der Waals surface area contributed by atoms with E-state index in [0.717, 1.165) is 61.7 Å². The molecule has 0 atom stereocenters. The quantitative estimate of drug-likeness (QED) is 0.877. The van der Waals surface area contributed by atoms with Crippen molar-refractivity contribution in [3.63, 3.8) is 0 Å². The molecule has 7 heteroatoms. The Kier molecular flexibility index (Phi) is 4.97. The summed E-state index contributed by atoms with van der Waals surface area (Å²) in [4.78, 5) is 15.0. The monoisotopic (exact) mass is 384 g/mol. The summed E-state index contributed by atoms with van der Waals surface area (Å²) in [7, 11) is 1.98. The van der Waals surface area contributed by atoms with Gasteiger partial charge in [0.2, 0.25) is 0 Å². The van der Waals surface area contributed by atoms with Crippen molar-refractivity contribution in [3.05, 3.63) is 12.0 Å². The Labute approximate surface area is 166 Å². The smallest absolute Gasteiger partial charge is 0.163 e. The molecule has 2 saturated heterocycles. The number of aliphatic hydroxyl groups is 1. The molecule has 2 aliphatic heterocycles. The van der Waals surface area contributed by atoms with E-state index < -0.39 is 0 Å². The summed E-state index contributed by atoms with van der Waals surface area (Å²) in [6, 6.07) is 0.643. The maximum absolute atomic E-state index is 9.78. The molecule has 28 heavy (non-hydrogen) atoms. The normalized spacial score (nSPS) is 23.9. The van der Waals surface area contributed by atoms with E-state index in [1.165, 1.54) is 38.5 Å². The van der Waals surface area contributed by atoms with E-state index in [0.29, 0.717) is 12.0 Å². The molecule has 3 fully saturated rings. The van der Waals surface area contributed by atoms with E-state index in [9.17, 15) is 5.11 Å². The molecular formula is C21H32N6O.